The van der Waals surface area contributed by atoms with E-state index in [1.807, 2.05) is 12.1 Å². The van der Waals surface area contributed by atoms with Crippen LogP contribution in [0.4, 0.5) is 4.39 Å². The lowest BCUT2D eigenvalue weighted by atomic mass is 10.0. The monoisotopic (exact) mass is 267 g/mol. The van der Waals surface area contributed by atoms with Crippen LogP contribution in [-0.2, 0) is 0 Å². The summed E-state index contributed by atoms with van der Waals surface area (Å²) in [7, 11) is 0. The molecule has 20 heavy (non-hydrogen) atoms. The molecule has 4 heteroatoms. The molecule has 0 saturated heterocycles. The highest BCUT2D eigenvalue weighted by Gasteiger charge is 2.12. The lowest BCUT2D eigenvalue weighted by Gasteiger charge is -2.01. The van der Waals surface area contributed by atoms with Gasteiger partial charge in [-0.1, -0.05) is 18.2 Å². The van der Waals surface area contributed by atoms with Crippen molar-refractivity contribution in [3.05, 3.63) is 59.4 Å². The van der Waals surface area contributed by atoms with E-state index in [2.05, 4.69) is 6.07 Å². The molecule has 2 aromatic rings. The first kappa shape index (κ1) is 12.2. The number of halogens is 1. The summed E-state index contributed by atoms with van der Waals surface area (Å²) in [6.07, 6.45) is 1.73. The molecule has 0 atom stereocenters. The summed E-state index contributed by atoms with van der Waals surface area (Å²) in [5.74, 6) is 1.03. The van der Waals surface area contributed by atoms with Gasteiger partial charge in [0.25, 0.3) is 0 Å². The van der Waals surface area contributed by atoms with Crippen LogP contribution in [0.5, 0.6) is 11.5 Å². The average Bonchev–Trinajstić information content (AvgIpc) is 2.93. The van der Waals surface area contributed by atoms with Crippen molar-refractivity contribution in [1.82, 2.24) is 0 Å². The van der Waals surface area contributed by atoms with Crippen LogP contribution in [0.3, 0.4) is 0 Å². The first-order valence-electron chi connectivity index (χ1n) is 6.03. The van der Waals surface area contributed by atoms with Crippen molar-refractivity contribution < 1.29 is 13.9 Å². The molecule has 1 aliphatic heterocycles. The van der Waals surface area contributed by atoms with Gasteiger partial charge in [0.15, 0.2) is 11.5 Å². The van der Waals surface area contributed by atoms with Gasteiger partial charge in [-0.2, -0.15) is 5.26 Å². The van der Waals surface area contributed by atoms with E-state index < -0.39 is 0 Å². The first-order chi connectivity index (χ1) is 9.76. The number of hydrogen-bond donors (Lipinski definition) is 0. The average molecular weight is 267 g/mol. The second-order valence-corrected chi connectivity index (χ2v) is 4.29. The topological polar surface area (TPSA) is 42.2 Å². The molecule has 0 unspecified atom stereocenters. The molecule has 1 aliphatic rings. The fourth-order valence-corrected chi connectivity index (χ4v) is 1.98. The van der Waals surface area contributed by atoms with E-state index in [0.29, 0.717) is 22.6 Å². The SMILES string of the molecule is N#C/C(=C\c1ccc2c(c1)OCO2)c1ccc(F)cc1. The first-order valence-corrected chi connectivity index (χ1v) is 6.03. The molecular formula is C16H10FNO2. The highest BCUT2D eigenvalue weighted by molar-refractivity contribution is 5.89. The summed E-state index contributed by atoms with van der Waals surface area (Å²) in [5, 5.41) is 9.24. The number of nitrogens with zero attached hydrogens (tertiary/aromatic N) is 1. The lowest BCUT2D eigenvalue weighted by Crippen LogP contribution is -1.92. The van der Waals surface area contributed by atoms with Crippen LogP contribution in [0.1, 0.15) is 11.1 Å². The quantitative estimate of drug-likeness (QED) is 0.616. The largest absolute Gasteiger partial charge is 0.454 e. The van der Waals surface area contributed by atoms with Crippen LogP contribution in [0.25, 0.3) is 11.6 Å². The van der Waals surface area contributed by atoms with Crippen LogP contribution in [-0.4, -0.2) is 6.79 Å². The van der Waals surface area contributed by atoms with E-state index in [4.69, 9.17) is 9.47 Å². The number of hydrogen-bond acceptors (Lipinski definition) is 3. The molecule has 3 nitrogen and oxygen atoms in total. The molecule has 0 fully saturated rings. The lowest BCUT2D eigenvalue weighted by molar-refractivity contribution is 0.174. The number of nitriles is 1. The minimum absolute atomic E-state index is 0.214. The van der Waals surface area contributed by atoms with Gasteiger partial charge in [-0.05, 0) is 41.5 Å². The van der Waals surface area contributed by atoms with Gasteiger partial charge in [-0.3, -0.25) is 0 Å². The summed E-state index contributed by atoms with van der Waals surface area (Å²) in [6.45, 7) is 0.214. The zero-order valence-electron chi connectivity index (χ0n) is 10.5. The van der Waals surface area contributed by atoms with Crippen molar-refractivity contribution in [3.63, 3.8) is 0 Å². The van der Waals surface area contributed by atoms with Gasteiger partial charge >= 0.3 is 0 Å². The van der Waals surface area contributed by atoms with Crippen LogP contribution in [0, 0.1) is 17.1 Å². The number of ether oxygens (including phenoxy) is 2. The van der Waals surface area contributed by atoms with Crippen LogP contribution >= 0.6 is 0 Å². The van der Waals surface area contributed by atoms with Gasteiger partial charge in [0.05, 0.1) is 11.6 Å². The molecule has 0 aliphatic carbocycles. The molecule has 0 bridgehead atoms. The number of fused-ring (bicyclic) bond motifs is 1. The Bertz CT molecular complexity index is 714. The molecule has 3 rings (SSSR count). The van der Waals surface area contributed by atoms with Crippen molar-refractivity contribution in [2.75, 3.05) is 6.79 Å². The Labute approximate surface area is 115 Å². The highest BCUT2D eigenvalue weighted by atomic mass is 19.1. The smallest absolute Gasteiger partial charge is 0.231 e. The molecule has 0 radical (unpaired) electrons. The maximum Gasteiger partial charge on any atom is 0.231 e. The fourth-order valence-electron chi connectivity index (χ4n) is 1.98. The Balaban J connectivity index is 1.97. The van der Waals surface area contributed by atoms with E-state index in [-0.39, 0.29) is 12.6 Å². The number of rotatable bonds is 2. The normalized spacial score (nSPS) is 13.1. The molecule has 0 aromatic heterocycles. The predicted molar refractivity (Wildman–Crippen MR) is 72.4 cm³/mol. The fraction of sp³-hybridized carbons (Fsp3) is 0.0625. The zero-order chi connectivity index (χ0) is 13.9. The van der Waals surface area contributed by atoms with Crippen LogP contribution in [0.15, 0.2) is 42.5 Å². The van der Waals surface area contributed by atoms with Gasteiger partial charge < -0.3 is 9.47 Å². The number of allylic oxidation sites excluding steroid dienone is 1. The molecule has 98 valence electrons. The zero-order valence-corrected chi connectivity index (χ0v) is 10.5. The Morgan fingerprint density at radius 1 is 1.10 bits per heavy atom. The second-order valence-electron chi connectivity index (χ2n) is 4.29. The summed E-state index contributed by atoms with van der Waals surface area (Å²) in [6, 6.07) is 13.4. The molecule has 0 amide bonds. The van der Waals surface area contributed by atoms with Crippen LogP contribution < -0.4 is 9.47 Å². The van der Waals surface area contributed by atoms with E-state index in [1.54, 1.807) is 24.3 Å². The summed E-state index contributed by atoms with van der Waals surface area (Å²) < 4.78 is 23.4. The minimum Gasteiger partial charge on any atom is -0.454 e. The number of benzene rings is 2. The Morgan fingerprint density at radius 2 is 1.85 bits per heavy atom. The second kappa shape index (κ2) is 5.06. The van der Waals surface area contributed by atoms with Gasteiger partial charge in [0, 0.05) is 0 Å². The van der Waals surface area contributed by atoms with Crippen molar-refractivity contribution >= 4 is 11.6 Å². The highest BCUT2D eigenvalue weighted by Crippen LogP contribution is 2.33. The van der Waals surface area contributed by atoms with Gasteiger partial charge in [-0.25, -0.2) is 4.39 Å². The van der Waals surface area contributed by atoms with Gasteiger partial charge in [0.1, 0.15) is 5.82 Å². The van der Waals surface area contributed by atoms with E-state index in [0.717, 1.165) is 5.56 Å². The third kappa shape index (κ3) is 2.34. The summed E-state index contributed by atoms with van der Waals surface area (Å²) >= 11 is 0. The molecule has 0 N–H and O–H groups in total. The van der Waals surface area contributed by atoms with Crippen molar-refractivity contribution in [1.29, 1.82) is 5.26 Å². The van der Waals surface area contributed by atoms with Gasteiger partial charge in [0.2, 0.25) is 6.79 Å². The van der Waals surface area contributed by atoms with Gasteiger partial charge in [-0.15, -0.1) is 0 Å². The van der Waals surface area contributed by atoms with E-state index >= 15 is 0 Å². The van der Waals surface area contributed by atoms with Crippen molar-refractivity contribution in [3.8, 4) is 17.6 Å². The molecule has 1 heterocycles. The van der Waals surface area contributed by atoms with E-state index in [9.17, 15) is 9.65 Å². The summed E-state index contributed by atoms with van der Waals surface area (Å²) in [5.41, 5.74) is 1.96. The molecular weight excluding hydrogens is 257 g/mol. The summed E-state index contributed by atoms with van der Waals surface area (Å²) in [4.78, 5) is 0. The van der Waals surface area contributed by atoms with Crippen LogP contribution in [0.2, 0.25) is 0 Å². The van der Waals surface area contributed by atoms with Crippen molar-refractivity contribution in [2.45, 2.75) is 0 Å². The Morgan fingerprint density at radius 3 is 2.60 bits per heavy atom. The standard InChI is InChI=1S/C16H10FNO2/c17-14-4-2-12(3-5-14)13(9-18)7-11-1-6-15-16(8-11)20-10-19-15/h1-8H,10H2/b13-7+. The maximum atomic E-state index is 12.9. The third-order valence-electron chi connectivity index (χ3n) is 2.98. The Hall–Kier alpha value is -2.80. The predicted octanol–water partition coefficient (Wildman–Crippen LogP) is 3.62. The minimum atomic E-state index is -0.325. The molecule has 0 saturated carbocycles. The molecule has 0 spiro atoms. The third-order valence-corrected chi connectivity index (χ3v) is 2.98. The molecule has 2 aromatic carbocycles. The van der Waals surface area contributed by atoms with Crippen molar-refractivity contribution in [2.24, 2.45) is 0 Å². The van der Waals surface area contributed by atoms with E-state index in [1.165, 1.54) is 12.1 Å². The Kier molecular flexibility index (Phi) is 3.10. The maximum absolute atomic E-state index is 12.9.